The van der Waals surface area contributed by atoms with Gasteiger partial charge in [-0.15, -0.1) is 4.48 Å². The summed E-state index contributed by atoms with van der Waals surface area (Å²) in [6.45, 7) is 0. The highest BCUT2D eigenvalue weighted by Crippen LogP contribution is 2.50. The van der Waals surface area contributed by atoms with E-state index >= 15 is 0 Å². The van der Waals surface area contributed by atoms with E-state index < -0.39 is 29.7 Å². The highest BCUT2D eigenvalue weighted by Gasteiger charge is 2.77. The average Bonchev–Trinajstić information content (AvgIpc) is 1.99. The zero-order valence-corrected chi connectivity index (χ0v) is 5.96. The molecule has 1 rings (SSSR count). The van der Waals surface area contributed by atoms with E-state index in [-0.39, 0.29) is 0 Å². The molecule has 2 nitrogen and oxygen atoms in total. The molecule has 1 unspecified atom stereocenters. The molecule has 0 radical (unpaired) electrons. The van der Waals surface area contributed by atoms with Gasteiger partial charge >= 0.3 is 18.2 Å². The van der Waals surface area contributed by atoms with Gasteiger partial charge in [-0.3, -0.25) is 4.74 Å². The lowest BCUT2D eigenvalue weighted by Crippen LogP contribution is -2.67. The summed E-state index contributed by atoms with van der Waals surface area (Å²) in [4.78, 5) is 0. The van der Waals surface area contributed by atoms with Crippen molar-refractivity contribution >= 4 is 0 Å². The van der Waals surface area contributed by atoms with Gasteiger partial charge in [-0.25, -0.2) is 4.39 Å². The number of morpholine rings is 1. The molecule has 0 bridgehead atoms. The van der Waals surface area contributed by atoms with Crippen LogP contribution in [0.5, 0.6) is 0 Å². The molecule has 1 aliphatic rings. The standard InChI is InChI=1S/C4HF8NO/c5-1-2(6,7)13(12)3(8,9)4(10,11)14-1/h1H. The lowest BCUT2D eigenvalue weighted by atomic mass is 10.3. The van der Waals surface area contributed by atoms with Crippen LogP contribution in [-0.2, 0) is 4.74 Å². The van der Waals surface area contributed by atoms with Crippen LogP contribution < -0.4 is 0 Å². The van der Waals surface area contributed by atoms with Crippen molar-refractivity contribution in [3.05, 3.63) is 0 Å². The molecule has 10 heteroatoms. The second kappa shape index (κ2) is 2.69. The van der Waals surface area contributed by atoms with Crippen molar-refractivity contribution in [1.29, 1.82) is 0 Å². The maximum atomic E-state index is 12.1. The SMILES string of the molecule is FC1OC(F)(F)C(F)(F)N(F)C1(F)F. The summed E-state index contributed by atoms with van der Waals surface area (Å²) in [6.07, 6.45) is -9.84. The van der Waals surface area contributed by atoms with Crippen LogP contribution in [-0.4, -0.2) is 29.7 Å². The Morgan fingerprint density at radius 1 is 1.00 bits per heavy atom. The fraction of sp³-hybridized carbons (Fsp3) is 1.00. The third kappa shape index (κ3) is 1.24. The minimum absolute atomic E-state index is 2.39. The molecular weight excluding hydrogens is 230 g/mol. The molecule has 1 fully saturated rings. The summed E-state index contributed by atoms with van der Waals surface area (Å²) in [5.74, 6) is 0. The van der Waals surface area contributed by atoms with E-state index in [9.17, 15) is 35.2 Å². The van der Waals surface area contributed by atoms with Gasteiger partial charge in [0.1, 0.15) is 0 Å². The van der Waals surface area contributed by atoms with E-state index in [0.717, 1.165) is 0 Å². The number of halogens is 8. The summed E-state index contributed by atoms with van der Waals surface area (Å²) >= 11 is 0. The fourth-order valence-corrected chi connectivity index (χ4v) is 0.662. The molecule has 14 heavy (non-hydrogen) atoms. The first-order chi connectivity index (χ1) is 6.03. The highest BCUT2D eigenvalue weighted by molar-refractivity contribution is 4.86. The maximum Gasteiger partial charge on any atom is 0.440 e. The van der Waals surface area contributed by atoms with Gasteiger partial charge in [0.25, 0.3) is 6.36 Å². The minimum Gasteiger partial charge on any atom is -0.272 e. The van der Waals surface area contributed by atoms with Crippen molar-refractivity contribution in [2.24, 2.45) is 0 Å². The van der Waals surface area contributed by atoms with Crippen molar-refractivity contribution < 1.29 is 40.0 Å². The monoisotopic (exact) mass is 231 g/mol. The molecule has 0 N–H and O–H groups in total. The molecule has 0 aromatic heterocycles. The summed E-state index contributed by atoms with van der Waals surface area (Å²) in [5, 5.41) is -2.85. The van der Waals surface area contributed by atoms with Crippen LogP contribution in [0, 0.1) is 0 Å². The molecule has 1 atom stereocenters. The van der Waals surface area contributed by atoms with Gasteiger partial charge in [-0.2, -0.15) is 26.3 Å². The second-order valence-corrected chi connectivity index (χ2v) is 2.36. The summed E-state index contributed by atoms with van der Waals surface area (Å²) in [6, 6.07) is -11.4. The molecule has 0 aliphatic carbocycles. The highest BCUT2D eigenvalue weighted by atomic mass is 19.3. The molecule has 0 aromatic carbocycles. The molecule has 1 aliphatic heterocycles. The van der Waals surface area contributed by atoms with Crippen LogP contribution >= 0.6 is 0 Å². The molecule has 0 amide bonds. The minimum atomic E-state index is -5.93. The number of alkyl halides is 7. The van der Waals surface area contributed by atoms with Gasteiger partial charge in [0.05, 0.1) is 0 Å². The van der Waals surface area contributed by atoms with Crippen molar-refractivity contribution in [2.75, 3.05) is 0 Å². The van der Waals surface area contributed by atoms with E-state index in [1.807, 2.05) is 0 Å². The smallest absolute Gasteiger partial charge is 0.272 e. The third-order valence-corrected chi connectivity index (χ3v) is 1.38. The normalized spacial score (nSPS) is 35.6. The number of nitrogens with zero attached hydrogens (tertiary/aromatic N) is 1. The average molecular weight is 231 g/mol. The van der Waals surface area contributed by atoms with Gasteiger partial charge in [-0.1, -0.05) is 0 Å². The molecular formula is C4HF8NO. The van der Waals surface area contributed by atoms with Crippen molar-refractivity contribution in [1.82, 2.24) is 5.12 Å². The van der Waals surface area contributed by atoms with E-state index in [4.69, 9.17) is 0 Å². The maximum absolute atomic E-state index is 12.1. The van der Waals surface area contributed by atoms with Crippen LogP contribution in [0.15, 0.2) is 0 Å². The first-order valence-corrected chi connectivity index (χ1v) is 2.95. The number of rotatable bonds is 0. The zero-order valence-electron chi connectivity index (χ0n) is 5.96. The predicted octanol–water partition coefficient (Wildman–Crippen LogP) is 2.28. The topological polar surface area (TPSA) is 12.5 Å². The largest absolute Gasteiger partial charge is 0.440 e. The van der Waals surface area contributed by atoms with Crippen LogP contribution in [0.25, 0.3) is 0 Å². The third-order valence-electron chi connectivity index (χ3n) is 1.38. The van der Waals surface area contributed by atoms with Gasteiger partial charge in [0, 0.05) is 0 Å². The van der Waals surface area contributed by atoms with Crippen LogP contribution in [0.1, 0.15) is 0 Å². The van der Waals surface area contributed by atoms with Gasteiger partial charge in [0.15, 0.2) is 0 Å². The van der Waals surface area contributed by atoms with E-state index in [1.54, 1.807) is 0 Å². The molecule has 1 saturated heterocycles. The second-order valence-electron chi connectivity index (χ2n) is 2.36. The van der Waals surface area contributed by atoms with Crippen LogP contribution in [0.2, 0.25) is 0 Å². The van der Waals surface area contributed by atoms with Crippen LogP contribution in [0.4, 0.5) is 35.2 Å². The summed E-state index contributed by atoms with van der Waals surface area (Å²) < 4.78 is 98.7. The Bertz CT molecular complexity index is 239. The quantitative estimate of drug-likeness (QED) is 0.360. The Balaban J connectivity index is 3.10. The fourth-order valence-electron chi connectivity index (χ4n) is 0.662. The number of hydrogen-bond acceptors (Lipinski definition) is 2. The first-order valence-electron chi connectivity index (χ1n) is 2.95. The van der Waals surface area contributed by atoms with E-state index in [1.165, 1.54) is 0 Å². The lowest BCUT2D eigenvalue weighted by molar-refractivity contribution is -0.538. The Morgan fingerprint density at radius 3 is 1.86 bits per heavy atom. The lowest BCUT2D eigenvalue weighted by Gasteiger charge is -2.40. The Kier molecular flexibility index (Phi) is 2.20. The molecule has 0 aromatic rings. The number of hydrogen-bond donors (Lipinski definition) is 0. The van der Waals surface area contributed by atoms with Gasteiger partial charge in [0.2, 0.25) is 0 Å². The van der Waals surface area contributed by atoms with Gasteiger partial charge in [-0.05, 0) is 5.12 Å². The molecule has 0 spiro atoms. The Morgan fingerprint density at radius 2 is 1.43 bits per heavy atom. The van der Waals surface area contributed by atoms with Crippen molar-refractivity contribution in [3.8, 4) is 0 Å². The Hall–Kier alpha value is -0.640. The Labute approximate surface area is 71.0 Å². The van der Waals surface area contributed by atoms with Crippen molar-refractivity contribution in [2.45, 2.75) is 24.6 Å². The van der Waals surface area contributed by atoms with Crippen LogP contribution in [0.3, 0.4) is 0 Å². The molecule has 84 valence electrons. The number of ether oxygens (including phenoxy) is 1. The summed E-state index contributed by atoms with van der Waals surface area (Å²) in [7, 11) is 0. The van der Waals surface area contributed by atoms with Gasteiger partial charge < -0.3 is 0 Å². The molecule has 1 heterocycles. The summed E-state index contributed by atoms with van der Waals surface area (Å²) in [5.41, 5.74) is 0. The molecule has 0 saturated carbocycles. The zero-order chi connectivity index (χ0) is 11.4. The van der Waals surface area contributed by atoms with E-state index in [2.05, 4.69) is 4.74 Å². The first kappa shape index (κ1) is 11.4. The van der Waals surface area contributed by atoms with Crippen molar-refractivity contribution in [3.63, 3.8) is 0 Å². The van der Waals surface area contributed by atoms with E-state index in [0.29, 0.717) is 0 Å². The predicted molar refractivity (Wildman–Crippen MR) is 23.8 cm³/mol.